The normalized spacial score (nSPS) is 19.1. The third-order valence-electron chi connectivity index (χ3n) is 2.72. The summed E-state index contributed by atoms with van der Waals surface area (Å²) < 4.78 is 23.1. The fourth-order valence-corrected chi connectivity index (χ4v) is 1.72. The van der Waals surface area contributed by atoms with E-state index in [1.165, 1.54) is 25.3 Å². The molecule has 1 aromatic rings. The van der Waals surface area contributed by atoms with Crippen molar-refractivity contribution in [2.24, 2.45) is 5.92 Å². The first-order valence-electron chi connectivity index (χ1n) is 5.43. The van der Waals surface area contributed by atoms with Crippen LogP contribution in [0.15, 0.2) is 18.2 Å². The average Bonchev–Trinajstić information content (AvgIpc) is 2.85. The number of benzene rings is 1. The smallest absolute Gasteiger partial charge is 0.229 e. The van der Waals surface area contributed by atoms with Crippen LogP contribution in [0.25, 0.3) is 0 Å². The van der Waals surface area contributed by atoms with Crippen molar-refractivity contribution in [1.82, 2.24) is 0 Å². The van der Waals surface area contributed by atoms with E-state index in [9.17, 15) is 9.18 Å². The van der Waals surface area contributed by atoms with E-state index in [1.54, 1.807) is 0 Å². The number of anilines is 1. The zero-order chi connectivity index (χ0) is 12.3. The number of hydrogen-bond acceptors (Lipinski definition) is 3. The van der Waals surface area contributed by atoms with E-state index in [0.29, 0.717) is 18.9 Å². The van der Waals surface area contributed by atoms with Gasteiger partial charge in [-0.2, -0.15) is 0 Å². The maximum atomic E-state index is 13.2. The van der Waals surface area contributed by atoms with Crippen LogP contribution in [0.2, 0.25) is 0 Å². The van der Waals surface area contributed by atoms with Crippen LogP contribution in [0, 0.1) is 11.7 Å². The molecule has 1 aliphatic heterocycles. The summed E-state index contributed by atoms with van der Waals surface area (Å²) in [5.41, 5.74) is 0.528. The van der Waals surface area contributed by atoms with Gasteiger partial charge in [-0.1, -0.05) is 0 Å². The number of rotatable bonds is 3. The molecule has 0 radical (unpaired) electrons. The second-order valence-electron chi connectivity index (χ2n) is 3.90. The number of ether oxygens (including phenoxy) is 2. The predicted octanol–water partition coefficient (Wildman–Crippen LogP) is 1.81. The molecular weight excluding hydrogens is 225 g/mol. The van der Waals surface area contributed by atoms with E-state index in [0.717, 1.165) is 6.42 Å². The molecule has 2 rings (SSSR count). The lowest BCUT2D eigenvalue weighted by atomic mass is 10.1. The van der Waals surface area contributed by atoms with Crippen molar-refractivity contribution >= 4 is 11.6 Å². The molecule has 0 aromatic heterocycles. The molecule has 4 nitrogen and oxygen atoms in total. The molecule has 1 atom stereocenters. The van der Waals surface area contributed by atoms with E-state index in [4.69, 9.17) is 9.47 Å². The van der Waals surface area contributed by atoms with Crippen LogP contribution in [0.5, 0.6) is 5.75 Å². The largest absolute Gasteiger partial charge is 0.494 e. The fraction of sp³-hybridized carbons (Fsp3) is 0.417. The standard InChI is InChI=1S/C12H14FNO3/c1-16-11-6-9(2-3-10(11)13)14-12(15)8-4-5-17-7-8/h2-3,6,8H,4-5,7H2,1H3,(H,14,15). The van der Waals surface area contributed by atoms with Gasteiger partial charge in [0, 0.05) is 18.4 Å². The summed E-state index contributed by atoms with van der Waals surface area (Å²) in [7, 11) is 1.38. The Morgan fingerprint density at radius 2 is 2.41 bits per heavy atom. The second kappa shape index (κ2) is 5.14. The minimum absolute atomic E-state index is 0.101. The number of amides is 1. The van der Waals surface area contributed by atoms with Gasteiger partial charge in [0.1, 0.15) is 0 Å². The zero-order valence-corrected chi connectivity index (χ0v) is 9.53. The molecule has 1 N–H and O–H groups in total. The number of carbonyl (C=O) groups excluding carboxylic acids is 1. The van der Waals surface area contributed by atoms with E-state index in [1.807, 2.05) is 0 Å². The third-order valence-corrected chi connectivity index (χ3v) is 2.72. The average molecular weight is 239 g/mol. The molecule has 0 bridgehead atoms. The Hall–Kier alpha value is -1.62. The van der Waals surface area contributed by atoms with Crippen LogP contribution < -0.4 is 10.1 Å². The highest BCUT2D eigenvalue weighted by atomic mass is 19.1. The summed E-state index contributed by atoms with van der Waals surface area (Å²) in [6, 6.07) is 4.23. The lowest BCUT2D eigenvalue weighted by molar-refractivity contribution is -0.119. The third kappa shape index (κ3) is 2.74. The van der Waals surface area contributed by atoms with Gasteiger partial charge < -0.3 is 14.8 Å². The van der Waals surface area contributed by atoms with Crippen LogP contribution in [0.1, 0.15) is 6.42 Å². The number of nitrogens with one attached hydrogen (secondary N) is 1. The molecule has 17 heavy (non-hydrogen) atoms. The van der Waals surface area contributed by atoms with Gasteiger partial charge in [0.05, 0.1) is 19.6 Å². The van der Waals surface area contributed by atoms with Gasteiger partial charge in [0.15, 0.2) is 11.6 Å². The molecule has 5 heteroatoms. The minimum atomic E-state index is -0.449. The Bertz CT molecular complexity index is 416. The molecule has 1 aromatic carbocycles. The summed E-state index contributed by atoms with van der Waals surface area (Å²) in [5, 5.41) is 2.72. The van der Waals surface area contributed by atoms with Gasteiger partial charge in [0.25, 0.3) is 0 Å². The summed E-state index contributed by atoms with van der Waals surface area (Å²) in [4.78, 5) is 11.8. The Labute approximate surface area is 98.7 Å². The monoisotopic (exact) mass is 239 g/mol. The van der Waals surface area contributed by atoms with Crippen molar-refractivity contribution in [3.8, 4) is 5.75 Å². The lowest BCUT2D eigenvalue weighted by Crippen LogP contribution is -2.22. The van der Waals surface area contributed by atoms with Crippen molar-refractivity contribution in [2.75, 3.05) is 25.6 Å². The molecule has 92 valence electrons. The molecule has 0 saturated carbocycles. The SMILES string of the molecule is COc1cc(NC(=O)C2CCOC2)ccc1F. The first-order chi connectivity index (χ1) is 8.20. The molecule has 1 unspecified atom stereocenters. The fourth-order valence-electron chi connectivity index (χ4n) is 1.72. The highest BCUT2D eigenvalue weighted by molar-refractivity contribution is 5.92. The summed E-state index contributed by atoms with van der Waals surface area (Å²) >= 11 is 0. The summed E-state index contributed by atoms with van der Waals surface area (Å²) in [6.45, 7) is 1.06. The van der Waals surface area contributed by atoms with E-state index >= 15 is 0 Å². The van der Waals surface area contributed by atoms with Crippen LogP contribution in [0.3, 0.4) is 0 Å². The Morgan fingerprint density at radius 3 is 3.06 bits per heavy atom. The van der Waals surface area contributed by atoms with Crippen molar-refractivity contribution in [3.63, 3.8) is 0 Å². The molecule has 0 aliphatic carbocycles. The molecular formula is C12H14FNO3. The number of carbonyl (C=O) groups is 1. The van der Waals surface area contributed by atoms with E-state index < -0.39 is 5.82 Å². The van der Waals surface area contributed by atoms with Crippen LogP contribution in [-0.4, -0.2) is 26.2 Å². The Morgan fingerprint density at radius 1 is 1.59 bits per heavy atom. The van der Waals surface area contributed by atoms with E-state index in [-0.39, 0.29) is 17.6 Å². The Balaban J connectivity index is 2.05. The summed E-state index contributed by atoms with van der Waals surface area (Å²) in [6.07, 6.45) is 0.726. The zero-order valence-electron chi connectivity index (χ0n) is 9.53. The van der Waals surface area contributed by atoms with Gasteiger partial charge in [-0.05, 0) is 18.6 Å². The van der Waals surface area contributed by atoms with Gasteiger partial charge in [-0.3, -0.25) is 4.79 Å². The molecule has 0 spiro atoms. The van der Waals surface area contributed by atoms with Crippen LogP contribution in [0.4, 0.5) is 10.1 Å². The van der Waals surface area contributed by atoms with E-state index in [2.05, 4.69) is 5.32 Å². The number of methoxy groups -OCH3 is 1. The molecule has 1 fully saturated rings. The number of halogens is 1. The van der Waals surface area contributed by atoms with Crippen molar-refractivity contribution in [1.29, 1.82) is 0 Å². The van der Waals surface area contributed by atoms with Crippen molar-refractivity contribution in [3.05, 3.63) is 24.0 Å². The summed E-state index contributed by atoms with van der Waals surface area (Å²) in [5.74, 6) is -0.553. The van der Waals surface area contributed by atoms with Gasteiger partial charge in [-0.25, -0.2) is 4.39 Å². The highest BCUT2D eigenvalue weighted by Gasteiger charge is 2.23. The quantitative estimate of drug-likeness (QED) is 0.875. The van der Waals surface area contributed by atoms with Crippen LogP contribution >= 0.6 is 0 Å². The molecule has 1 amide bonds. The number of hydrogen-bond donors (Lipinski definition) is 1. The van der Waals surface area contributed by atoms with Crippen LogP contribution in [-0.2, 0) is 9.53 Å². The first-order valence-corrected chi connectivity index (χ1v) is 5.43. The minimum Gasteiger partial charge on any atom is -0.494 e. The van der Waals surface area contributed by atoms with Crippen molar-refractivity contribution in [2.45, 2.75) is 6.42 Å². The van der Waals surface area contributed by atoms with Gasteiger partial charge >= 0.3 is 0 Å². The van der Waals surface area contributed by atoms with Gasteiger partial charge in [-0.15, -0.1) is 0 Å². The molecule has 1 saturated heterocycles. The van der Waals surface area contributed by atoms with Crippen molar-refractivity contribution < 1.29 is 18.7 Å². The first kappa shape index (κ1) is 11.9. The topological polar surface area (TPSA) is 47.6 Å². The van der Waals surface area contributed by atoms with Gasteiger partial charge in [0.2, 0.25) is 5.91 Å². The predicted molar refractivity (Wildman–Crippen MR) is 60.5 cm³/mol. The second-order valence-corrected chi connectivity index (χ2v) is 3.90. The molecule has 1 aliphatic rings. The Kier molecular flexibility index (Phi) is 3.58. The maximum absolute atomic E-state index is 13.2. The highest BCUT2D eigenvalue weighted by Crippen LogP contribution is 2.22. The lowest BCUT2D eigenvalue weighted by Gasteiger charge is -2.10. The molecule has 1 heterocycles. The maximum Gasteiger partial charge on any atom is 0.229 e.